The van der Waals surface area contributed by atoms with E-state index in [-0.39, 0.29) is 38.6 Å². The minimum Gasteiger partial charge on any atom is -0.477 e. The molecular formula is C60H96NO8+. The van der Waals surface area contributed by atoms with Crippen molar-refractivity contribution >= 4 is 17.9 Å². The lowest BCUT2D eigenvalue weighted by atomic mass is 10.1. The quantitative estimate of drug-likeness (QED) is 0.0211. The van der Waals surface area contributed by atoms with Gasteiger partial charge in [0.1, 0.15) is 13.2 Å². The third kappa shape index (κ3) is 51.1. The number of unbranched alkanes of at least 4 members (excludes halogenated alkanes) is 9. The van der Waals surface area contributed by atoms with E-state index in [1.807, 2.05) is 21.1 Å². The van der Waals surface area contributed by atoms with Gasteiger partial charge in [0.15, 0.2) is 6.10 Å². The largest absolute Gasteiger partial charge is 0.477 e. The van der Waals surface area contributed by atoms with Crippen LogP contribution in [0.25, 0.3) is 0 Å². The van der Waals surface area contributed by atoms with Crippen LogP contribution in [-0.4, -0.2) is 87.4 Å². The zero-order chi connectivity index (χ0) is 50.6. The summed E-state index contributed by atoms with van der Waals surface area (Å²) >= 11 is 0. The molecule has 9 heteroatoms. The summed E-state index contributed by atoms with van der Waals surface area (Å²) in [4.78, 5) is 37.3. The molecule has 0 saturated carbocycles. The van der Waals surface area contributed by atoms with E-state index in [2.05, 4.69) is 148 Å². The van der Waals surface area contributed by atoms with Crippen molar-refractivity contribution in [2.75, 3.05) is 47.5 Å². The Kier molecular flexibility index (Phi) is 46.5. The molecule has 0 aromatic carbocycles. The van der Waals surface area contributed by atoms with E-state index >= 15 is 0 Å². The standard InChI is InChI=1S/C60H95NO8/c1-6-8-10-12-14-16-18-20-22-23-24-25-26-27-28-29-30-31-32-33-34-35-37-39-41-43-45-47-49-51-58(63)69-56(55-68-60(59(64)65)66-53-52-61(3,4)5)54-67-57(62)50-48-46-44-42-40-38-36-21-19-17-15-13-11-9-7-2/h8-11,14-17,20-22,24-25,27-28,30-31,33-34,36-37,39,56,60H,6-7,12-13,18-19,23,26,29,32,35,38,40-55H2,1-5H3/p+1/b10-8-,11-9-,16-14-,17-15-,22-20-,25-24-,28-27-,31-30-,34-33-,36-21-,39-37-. The van der Waals surface area contributed by atoms with Gasteiger partial charge in [-0.05, 0) is 109 Å². The molecule has 0 aliphatic heterocycles. The minimum atomic E-state index is -1.53. The van der Waals surface area contributed by atoms with Crippen LogP contribution < -0.4 is 0 Å². The Hall–Kier alpha value is -4.57. The first kappa shape index (κ1) is 64.4. The molecule has 9 nitrogen and oxygen atoms in total. The Morgan fingerprint density at radius 3 is 1.16 bits per heavy atom. The van der Waals surface area contributed by atoms with Gasteiger partial charge in [0.05, 0.1) is 34.4 Å². The Balaban J connectivity index is 4.41. The number of rotatable bonds is 46. The molecule has 0 bridgehead atoms. The number of hydrogen-bond acceptors (Lipinski definition) is 7. The molecule has 1 N–H and O–H groups in total. The van der Waals surface area contributed by atoms with Crippen LogP contribution >= 0.6 is 0 Å². The SMILES string of the molecule is CC/C=C\C/C=C\C/C=C\C/C=C\C/C=C\C/C=C\C/C=C\C/C=C\CCCCCCC(=O)OC(COC(=O)CCCCCCC/C=C\C/C=C\C/C=C\CC)COC(OCC[N+](C)(C)C)C(=O)O. The Bertz CT molecular complexity index is 1590. The van der Waals surface area contributed by atoms with Gasteiger partial charge in [0.25, 0.3) is 6.29 Å². The summed E-state index contributed by atoms with van der Waals surface area (Å²) in [5, 5.41) is 9.67. The summed E-state index contributed by atoms with van der Waals surface area (Å²) in [7, 11) is 5.93. The van der Waals surface area contributed by atoms with E-state index in [0.717, 1.165) is 128 Å². The van der Waals surface area contributed by atoms with E-state index in [9.17, 15) is 19.5 Å². The molecule has 0 aromatic rings. The second kappa shape index (κ2) is 49.8. The van der Waals surface area contributed by atoms with Gasteiger partial charge in [0.2, 0.25) is 0 Å². The van der Waals surface area contributed by atoms with Crippen LogP contribution in [0.4, 0.5) is 0 Å². The van der Waals surface area contributed by atoms with Crippen LogP contribution in [0, 0.1) is 0 Å². The summed E-state index contributed by atoms with van der Waals surface area (Å²) < 4.78 is 22.7. The second-order valence-electron chi connectivity index (χ2n) is 18.1. The van der Waals surface area contributed by atoms with Crippen LogP contribution in [0.1, 0.15) is 168 Å². The number of likely N-dealkylation sites (N-methyl/N-ethyl adjacent to an activating group) is 1. The Morgan fingerprint density at radius 1 is 0.435 bits per heavy atom. The summed E-state index contributed by atoms with van der Waals surface area (Å²) in [5.74, 6) is -2.09. The molecule has 0 radical (unpaired) electrons. The number of carbonyl (C=O) groups excluding carboxylic acids is 2. The maximum atomic E-state index is 12.8. The minimum absolute atomic E-state index is 0.171. The van der Waals surface area contributed by atoms with E-state index in [1.165, 1.54) is 0 Å². The van der Waals surface area contributed by atoms with Crippen molar-refractivity contribution in [2.45, 2.75) is 180 Å². The maximum absolute atomic E-state index is 12.8. The normalized spacial score (nSPS) is 13.9. The van der Waals surface area contributed by atoms with Gasteiger partial charge in [-0.2, -0.15) is 0 Å². The number of ether oxygens (including phenoxy) is 4. The summed E-state index contributed by atoms with van der Waals surface area (Å²) in [6, 6.07) is 0. The van der Waals surface area contributed by atoms with Crippen molar-refractivity contribution < 1.29 is 42.9 Å². The van der Waals surface area contributed by atoms with Crippen LogP contribution in [-0.2, 0) is 33.3 Å². The van der Waals surface area contributed by atoms with Crippen molar-refractivity contribution in [1.29, 1.82) is 0 Å². The van der Waals surface area contributed by atoms with Crippen LogP contribution in [0.15, 0.2) is 134 Å². The van der Waals surface area contributed by atoms with Gasteiger partial charge in [-0.25, -0.2) is 4.79 Å². The first-order valence-corrected chi connectivity index (χ1v) is 26.3. The molecular weight excluding hydrogens is 863 g/mol. The molecule has 0 aromatic heterocycles. The summed E-state index contributed by atoms with van der Waals surface area (Å²) in [6.45, 7) is 4.56. The zero-order valence-electron chi connectivity index (χ0n) is 43.9. The number of carboxylic acids is 1. The lowest BCUT2D eigenvalue weighted by Crippen LogP contribution is -2.40. The number of carboxylic acid groups (broad SMARTS) is 1. The molecule has 388 valence electrons. The fourth-order valence-electron chi connectivity index (χ4n) is 6.39. The number of aliphatic carboxylic acids is 1. The number of esters is 2. The topological polar surface area (TPSA) is 108 Å². The number of carbonyl (C=O) groups is 3. The Labute approximate surface area is 420 Å². The lowest BCUT2D eigenvalue weighted by molar-refractivity contribution is -0.870. The predicted molar refractivity (Wildman–Crippen MR) is 290 cm³/mol. The number of hydrogen-bond donors (Lipinski definition) is 1. The van der Waals surface area contributed by atoms with E-state index in [4.69, 9.17) is 18.9 Å². The highest BCUT2D eigenvalue weighted by molar-refractivity contribution is 5.71. The van der Waals surface area contributed by atoms with Gasteiger partial charge in [-0.1, -0.05) is 180 Å². The lowest BCUT2D eigenvalue weighted by Gasteiger charge is -2.25. The van der Waals surface area contributed by atoms with Gasteiger partial charge in [-0.15, -0.1) is 0 Å². The van der Waals surface area contributed by atoms with Crippen LogP contribution in [0.5, 0.6) is 0 Å². The molecule has 0 aliphatic carbocycles. The van der Waals surface area contributed by atoms with Gasteiger partial charge < -0.3 is 28.5 Å². The molecule has 2 atom stereocenters. The van der Waals surface area contributed by atoms with Crippen molar-refractivity contribution in [3.8, 4) is 0 Å². The average molecular weight is 959 g/mol. The van der Waals surface area contributed by atoms with Crippen molar-refractivity contribution in [3.63, 3.8) is 0 Å². The van der Waals surface area contributed by atoms with E-state index < -0.39 is 24.3 Å². The van der Waals surface area contributed by atoms with Crippen LogP contribution in [0.3, 0.4) is 0 Å². The van der Waals surface area contributed by atoms with Crippen molar-refractivity contribution in [2.24, 2.45) is 0 Å². The third-order valence-corrected chi connectivity index (χ3v) is 10.4. The van der Waals surface area contributed by atoms with Crippen molar-refractivity contribution in [1.82, 2.24) is 0 Å². The highest BCUT2D eigenvalue weighted by Gasteiger charge is 2.25. The summed E-state index contributed by atoms with van der Waals surface area (Å²) in [6.07, 6.45) is 68.1. The van der Waals surface area contributed by atoms with E-state index in [1.54, 1.807) is 0 Å². The molecule has 0 spiro atoms. The molecule has 0 amide bonds. The molecule has 2 unspecified atom stereocenters. The predicted octanol–water partition coefficient (Wildman–Crippen LogP) is 15.1. The maximum Gasteiger partial charge on any atom is 0.361 e. The molecule has 0 saturated heterocycles. The van der Waals surface area contributed by atoms with Gasteiger partial charge in [0, 0.05) is 12.8 Å². The van der Waals surface area contributed by atoms with Crippen molar-refractivity contribution in [3.05, 3.63) is 134 Å². The van der Waals surface area contributed by atoms with Gasteiger partial charge >= 0.3 is 17.9 Å². The van der Waals surface area contributed by atoms with Gasteiger partial charge in [-0.3, -0.25) is 9.59 Å². The number of nitrogens with zero attached hydrogens (tertiary/aromatic N) is 1. The summed E-state index contributed by atoms with van der Waals surface area (Å²) in [5.41, 5.74) is 0. The Morgan fingerprint density at radius 2 is 0.783 bits per heavy atom. The zero-order valence-corrected chi connectivity index (χ0v) is 43.9. The highest BCUT2D eigenvalue weighted by Crippen LogP contribution is 2.12. The fraction of sp³-hybridized carbons (Fsp3) is 0.583. The third-order valence-electron chi connectivity index (χ3n) is 10.4. The molecule has 0 heterocycles. The second-order valence-corrected chi connectivity index (χ2v) is 18.1. The first-order chi connectivity index (χ1) is 33.6. The molecule has 0 rings (SSSR count). The van der Waals surface area contributed by atoms with E-state index in [0.29, 0.717) is 23.9 Å². The molecule has 0 aliphatic rings. The first-order valence-electron chi connectivity index (χ1n) is 26.3. The molecule has 0 fully saturated rings. The average Bonchev–Trinajstić information content (AvgIpc) is 3.31. The smallest absolute Gasteiger partial charge is 0.361 e. The highest BCUT2D eigenvalue weighted by atomic mass is 16.7. The fourth-order valence-corrected chi connectivity index (χ4v) is 6.39. The molecule has 69 heavy (non-hydrogen) atoms. The number of allylic oxidation sites excluding steroid dienone is 22. The monoisotopic (exact) mass is 959 g/mol. The van der Waals surface area contributed by atoms with Crippen LogP contribution in [0.2, 0.25) is 0 Å². The number of quaternary nitrogens is 1.